The minimum Gasteiger partial charge on any atom is -0.394 e. The van der Waals surface area contributed by atoms with Crippen LogP contribution in [0.25, 0.3) is 6.08 Å². The number of nitriles is 1. The molecule has 1 aromatic rings. The maximum absolute atomic E-state index is 12.6. The van der Waals surface area contributed by atoms with E-state index in [4.69, 9.17) is 0 Å². The van der Waals surface area contributed by atoms with Crippen molar-refractivity contribution in [2.45, 2.75) is 56.7 Å². The Balaban J connectivity index is 1.82. The average Bonchev–Trinajstić information content (AvgIpc) is 3.09. The first kappa shape index (κ1) is 17.5. The standard InChI is InChI=1S/C20H25N3O2/c1-2-7-14-8-3-6-11-16(14)19-17(12-21)23(18(19)13-24)20(25)22-15-9-4-5-10-15/h2-3,6-8,11,15,17-19,24H,4-5,9-10,13H2,1H3,(H,22,25)/b7-2+/t17-,18+,19+/m0/s1. The SMILES string of the molecule is C/C=C/c1ccccc1[C@H]1[C@@H](CO)N(C(=O)NC2CCCC2)[C@H]1C#N. The van der Waals surface area contributed by atoms with E-state index < -0.39 is 6.04 Å². The Morgan fingerprint density at radius 1 is 1.40 bits per heavy atom. The lowest BCUT2D eigenvalue weighted by Crippen LogP contribution is -2.67. The molecule has 1 aromatic carbocycles. The van der Waals surface area contributed by atoms with E-state index in [1.807, 2.05) is 43.3 Å². The zero-order valence-corrected chi connectivity index (χ0v) is 14.6. The Morgan fingerprint density at radius 2 is 2.12 bits per heavy atom. The third kappa shape index (κ3) is 3.27. The molecule has 132 valence electrons. The number of urea groups is 1. The maximum Gasteiger partial charge on any atom is 0.319 e. The van der Waals surface area contributed by atoms with Crippen LogP contribution in [0.15, 0.2) is 30.3 Å². The number of benzene rings is 1. The fourth-order valence-corrected chi connectivity index (χ4v) is 4.12. The molecular formula is C20H25N3O2. The molecule has 3 rings (SSSR count). The van der Waals surface area contributed by atoms with Crippen LogP contribution in [0.2, 0.25) is 0 Å². The Morgan fingerprint density at radius 3 is 2.76 bits per heavy atom. The van der Waals surface area contributed by atoms with Crippen LogP contribution in [-0.2, 0) is 0 Å². The Bertz CT molecular complexity index is 688. The van der Waals surface area contributed by atoms with Gasteiger partial charge < -0.3 is 15.3 Å². The number of allylic oxidation sites excluding steroid dienone is 1. The largest absolute Gasteiger partial charge is 0.394 e. The topological polar surface area (TPSA) is 76.4 Å². The number of rotatable bonds is 4. The first-order valence-corrected chi connectivity index (χ1v) is 9.02. The third-order valence-electron chi connectivity index (χ3n) is 5.35. The fraction of sp³-hybridized carbons (Fsp3) is 0.500. The van der Waals surface area contributed by atoms with Gasteiger partial charge in [0.05, 0.1) is 18.7 Å². The molecule has 2 N–H and O–H groups in total. The maximum atomic E-state index is 12.6. The van der Waals surface area contributed by atoms with Gasteiger partial charge in [-0.3, -0.25) is 0 Å². The number of hydrogen-bond donors (Lipinski definition) is 2. The summed E-state index contributed by atoms with van der Waals surface area (Å²) in [5, 5.41) is 22.6. The van der Waals surface area contributed by atoms with Gasteiger partial charge in [0, 0.05) is 12.0 Å². The molecule has 25 heavy (non-hydrogen) atoms. The van der Waals surface area contributed by atoms with Crippen molar-refractivity contribution in [1.82, 2.24) is 10.2 Å². The first-order chi connectivity index (χ1) is 12.2. The molecule has 2 amide bonds. The van der Waals surface area contributed by atoms with Gasteiger partial charge in [0.15, 0.2) is 0 Å². The van der Waals surface area contributed by atoms with Crippen molar-refractivity contribution in [2.75, 3.05) is 6.61 Å². The van der Waals surface area contributed by atoms with E-state index in [1.165, 1.54) is 4.90 Å². The summed E-state index contributed by atoms with van der Waals surface area (Å²) in [6, 6.07) is 9.20. The molecule has 1 saturated heterocycles. The lowest BCUT2D eigenvalue weighted by Gasteiger charge is -2.51. The highest BCUT2D eigenvalue weighted by atomic mass is 16.3. The van der Waals surface area contributed by atoms with Crippen LogP contribution in [0.4, 0.5) is 4.79 Å². The van der Waals surface area contributed by atoms with E-state index in [1.54, 1.807) is 0 Å². The van der Waals surface area contributed by atoms with Crippen LogP contribution in [0, 0.1) is 11.3 Å². The Kier molecular flexibility index (Phi) is 5.40. The number of likely N-dealkylation sites (tertiary alicyclic amines) is 1. The molecule has 1 heterocycles. The average molecular weight is 339 g/mol. The fourth-order valence-electron chi connectivity index (χ4n) is 4.12. The second-order valence-electron chi connectivity index (χ2n) is 6.82. The minimum atomic E-state index is -0.551. The van der Waals surface area contributed by atoms with E-state index in [2.05, 4.69) is 11.4 Å². The van der Waals surface area contributed by atoms with Gasteiger partial charge in [-0.1, -0.05) is 49.3 Å². The predicted octanol–water partition coefficient (Wildman–Crippen LogP) is 3.02. The lowest BCUT2D eigenvalue weighted by molar-refractivity contribution is 0.0158. The summed E-state index contributed by atoms with van der Waals surface area (Å²) in [5.74, 6) is -0.170. The summed E-state index contributed by atoms with van der Waals surface area (Å²) >= 11 is 0. The number of carbonyl (C=O) groups excluding carboxylic acids is 1. The molecule has 1 saturated carbocycles. The number of aliphatic hydroxyl groups is 1. The molecule has 2 fully saturated rings. The van der Waals surface area contributed by atoms with Gasteiger partial charge >= 0.3 is 6.03 Å². The van der Waals surface area contributed by atoms with Crippen molar-refractivity contribution in [1.29, 1.82) is 5.26 Å². The Hall–Kier alpha value is -2.32. The zero-order chi connectivity index (χ0) is 17.8. The van der Waals surface area contributed by atoms with Gasteiger partial charge in [0.25, 0.3) is 0 Å². The minimum absolute atomic E-state index is 0.148. The number of amides is 2. The van der Waals surface area contributed by atoms with Crippen LogP contribution in [0.5, 0.6) is 0 Å². The number of hydrogen-bond acceptors (Lipinski definition) is 3. The zero-order valence-electron chi connectivity index (χ0n) is 14.6. The van der Waals surface area contributed by atoms with E-state index >= 15 is 0 Å². The summed E-state index contributed by atoms with van der Waals surface area (Å²) in [4.78, 5) is 14.2. The molecule has 1 aliphatic heterocycles. The van der Waals surface area contributed by atoms with E-state index in [0.717, 1.165) is 36.8 Å². The predicted molar refractivity (Wildman–Crippen MR) is 96.8 cm³/mol. The molecule has 0 spiro atoms. The second-order valence-corrected chi connectivity index (χ2v) is 6.82. The molecule has 1 aliphatic carbocycles. The van der Waals surface area contributed by atoms with Gasteiger partial charge in [-0.15, -0.1) is 0 Å². The molecule has 3 atom stereocenters. The number of aliphatic hydroxyl groups excluding tert-OH is 1. The summed E-state index contributed by atoms with van der Waals surface area (Å²) in [6.07, 6.45) is 8.21. The highest BCUT2D eigenvalue weighted by molar-refractivity contribution is 5.78. The van der Waals surface area contributed by atoms with Crippen molar-refractivity contribution in [2.24, 2.45) is 0 Å². The quantitative estimate of drug-likeness (QED) is 0.885. The van der Waals surface area contributed by atoms with Crippen LogP contribution in [0.1, 0.15) is 49.7 Å². The molecule has 0 aromatic heterocycles. The third-order valence-corrected chi connectivity index (χ3v) is 5.35. The van der Waals surface area contributed by atoms with Crippen molar-refractivity contribution in [3.05, 3.63) is 41.5 Å². The first-order valence-electron chi connectivity index (χ1n) is 9.02. The second kappa shape index (κ2) is 7.71. The summed E-state index contributed by atoms with van der Waals surface area (Å²) in [6.45, 7) is 1.80. The number of carbonyl (C=O) groups is 1. The van der Waals surface area contributed by atoms with Gasteiger partial charge in [-0.25, -0.2) is 4.79 Å². The number of nitrogens with one attached hydrogen (secondary N) is 1. The van der Waals surface area contributed by atoms with Crippen LogP contribution in [0.3, 0.4) is 0 Å². The van der Waals surface area contributed by atoms with Gasteiger partial charge in [0.1, 0.15) is 6.04 Å². The van der Waals surface area contributed by atoms with Gasteiger partial charge in [0.2, 0.25) is 0 Å². The van der Waals surface area contributed by atoms with E-state index in [9.17, 15) is 15.2 Å². The highest BCUT2D eigenvalue weighted by Crippen LogP contribution is 2.42. The smallest absolute Gasteiger partial charge is 0.319 e. The van der Waals surface area contributed by atoms with Crippen molar-refractivity contribution in [3.63, 3.8) is 0 Å². The molecule has 5 nitrogen and oxygen atoms in total. The van der Waals surface area contributed by atoms with Crippen LogP contribution >= 0.6 is 0 Å². The number of nitrogens with zero attached hydrogens (tertiary/aromatic N) is 2. The van der Waals surface area contributed by atoms with Crippen LogP contribution < -0.4 is 5.32 Å². The highest BCUT2D eigenvalue weighted by Gasteiger charge is 2.52. The lowest BCUT2D eigenvalue weighted by atomic mass is 9.74. The molecule has 0 unspecified atom stereocenters. The van der Waals surface area contributed by atoms with Crippen LogP contribution in [-0.4, -0.2) is 40.8 Å². The Labute approximate surface area is 148 Å². The van der Waals surface area contributed by atoms with E-state index in [0.29, 0.717) is 0 Å². The molecule has 0 bridgehead atoms. The molecule has 5 heteroatoms. The normalized spacial score (nSPS) is 26.4. The summed E-state index contributed by atoms with van der Waals surface area (Å²) in [5.41, 5.74) is 2.04. The van der Waals surface area contributed by atoms with Gasteiger partial charge in [-0.05, 0) is 30.9 Å². The van der Waals surface area contributed by atoms with Crippen molar-refractivity contribution < 1.29 is 9.90 Å². The summed E-state index contributed by atoms with van der Waals surface area (Å²) in [7, 11) is 0. The van der Waals surface area contributed by atoms with Crippen molar-refractivity contribution >= 4 is 12.1 Å². The molecule has 0 radical (unpaired) electrons. The van der Waals surface area contributed by atoms with Crippen molar-refractivity contribution in [3.8, 4) is 6.07 Å². The summed E-state index contributed by atoms with van der Waals surface area (Å²) < 4.78 is 0. The van der Waals surface area contributed by atoms with Gasteiger partial charge in [-0.2, -0.15) is 5.26 Å². The molecule has 2 aliphatic rings. The monoisotopic (exact) mass is 339 g/mol. The molecular weight excluding hydrogens is 314 g/mol. The van der Waals surface area contributed by atoms with E-state index in [-0.39, 0.29) is 30.6 Å².